The minimum Gasteiger partial charge on any atom is -0.462 e. The first-order valence-corrected chi connectivity index (χ1v) is 9.87. The first kappa shape index (κ1) is 19.6. The second-order valence-electron chi connectivity index (χ2n) is 6.34. The molecule has 28 heavy (non-hydrogen) atoms. The quantitative estimate of drug-likeness (QED) is 0.533. The number of carbonyl (C=O) groups is 2. The van der Waals surface area contributed by atoms with Crippen molar-refractivity contribution in [2.75, 3.05) is 17.2 Å². The van der Waals surface area contributed by atoms with Gasteiger partial charge in [0.05, 0.1) is 6.61 Å². The lowest BCUT2D eigenvalue weighted by molar-refractivity contribution is 0.0529. The summed E-state index contributed by atoms with van der Waals surface area (Å²) >= 11 is 1.30. The van der Waals surface area contributed by atoms with Gasteiger partial charge in [-0.05, 0) is 44.0 Å². The predicted octanol–water partition coefficient (Wildman–Crippen LogP) is 5.85. The number of nitrogens with one attached hydrogen (secondary N) is 2. The van der Waals surface area contributed by atoms with Crippen molar-refractivity contribution in [1.29, 1.82) is 0 Å². The summed E-state index contributed by atoms with van der Waals surface area (Å²) in [5, 5.41) is 7.88. The lowest BCUT2D eigenvalue weighted by Crippen LogP contribution is -2.20. The molecule has 2 N–H and O–H groups in total. The smallest absolute Gasteiger partial charge is 0.341 e. The molecule has 0 aliphatic carbocycles. The Bertz CT molecular complexity index is 996. The van der Waals surface area contributed by atoms with E-state index in [9.17, 15) is 9.59 Å². The average molecular weight is 394 g/mol. The molecule has 0 aliphatic rings. The molecular weight excluding hydrogens is 372 g/mol. The summed E-state index contributed by atoms with van der Waals surface area (Å²) < 4.78 is 5.25. The fraction of sp³-hybridized carbons (Fsp3) is 0.182. The fourth-order valence-corrected chi connectivity index (χ4v) is 3.90. The number of ether oxygens (including phenoxy) is 1. The topological polar surface area (TPSA) is 67.4 Å². The van der Waals surface area contributed by atoms with E-state index in [0.29, 0.717) is 16.3 Å². The van der Waals surface area contributed by atoms with Crippen LogP contribution in [0.3, 0.4) is 0 Å². The molecule has 0 aliphatic heterocycles. The largest absolute Gasteiger partial charge is 0.462 e. The minimum absolute atomic E-state index is 0.261. The minimum atomic E-state index is -0.450. The van der Waals surface area contributed by atoms with E-state index >= 15 is 0 Å². The van der Waals surface area contributed by atoms with Crippen molar-refractivity contribution in [3.05, 3.63) is 70.6 Å². The highest BCUT2D eigenvalue weighted by Gasteiger charge is 2.23. The molecule has 1 heterocycles. The van der Waals surface area contributed by atoms with Crippen LogP contribution in [0.2, 0.25) is 0 Å². The standard InChI is InChI=1S/C22H22N2O3S/c1-4-27-21(25)19-18(17-11-10-14(2)12-15(17)3)13-28-20(19)24-22(26)23-16-8-6-5-7-9-16/h5-13H,4H2,1-3H3,(H2,23,24,26). The van der Waals surface area contributed by atoms with E-state index in [-0.39, 0.29) is 6.61 Å². The molecule has 0 saturated carbocycles. The highest BCUT2D eigenvalue weighted by atomic mass is 32.1. The molecule has 5 nitrogen and oxygen atoms in total. The second-order valence-corrected chi connectivity index (χ2v) is 7.22. The van der Waals surface area contributed by atoms with E-state index in [1.54, 1.807) is 19.1 Å². The second kappa shape index (κ2) is 8.71. The van der Waals surface area contributed by atoms with Gasteiger partial charge in [0, 0.05) is 16.6 Å². The van der Waals surface area contributed by atoms with Crippen molar-refractivity contribution in [3.8, 4) is 11.1 Å². The molecule has 6 heteroatoms. The highest BCUT2D eigenvalue weighted by molar-refractivity contribution is 7.15. The number of hydrogen-bond donors (Lipinski definition) is 2. The maximum atomic E-state index is 12.7. The van der Waals surface area contributed by atoms with Crippen molar-refractivity contribution >= 4 is 34.0 Å². The van der Waals surface area contributed by atoms with Gasteiger partial charge >= 0.3 is 12.0 Å². The number of amides is 2. The molecule has 144 valence electrons. The SMILES string of the molecule is CCOC(=O)c1c(-c2ccc(C)cc2C)csc1NC(=O)Nc1ccccc1. The van der Waals surface area contributed by atoms with Crippen molar-refractivity contribution < 1.29 is 14.3 Å². The fourth-order valence-electron chi connectivity index (χ4n) is 2.96. The monoisotopic (exact) mass is 394 g/mol. The Morgan fingerprint density at radius 3 is 2.43 bits per heavy atom. The molecule has 0 saturated heterocycles. The highest BCUT2D eigenvalue weighted by Crippen LogP contribution is 2.38. The third-order valence-electron chi connectivity index (χ3n) is 4.20. The van der Waals surface area contributed by atoms with Crippen LogP contribution in [0.1, 0.15) is 28.4 Å². The van der Waals surface area contributed by atoms with Crippen LogP contribution in [0, 0.1) is 13.8 Å². The number of benzene rings is 2. The molecule has 3 aromatic rings. The van der Waals surface area contributed by atoms with Crippen LogP contribution in [0.5, 0.6) is 0 Å². The van der Waals surface area contributed by atoms with Gasteiger partial charge in [0.1, 0.15) is 10.6 Å². The Kier molecular flexibility index (Phi) is 6.11. The third kappa shape index (κ3) is 4.40. The van der Waals surface area contributed by atoms with Crippen LogP contribution in [-0.2, 0) is 4.74 Å². The van der Waals surface area contributed by atoms with Gasteiger partial charge < -0.3 is 10.1 Å². The summed E-state index contributed by atoms with van der Waals surface area (Å²) in [5.41, 5.74) is 4.96. The average Bonchev–Trinajstić information content (AvgIpc) is 3.06. The van der Waals surface area contributed by atoms with E-state index in [4.69, 9.17) is 4.74 Å². The normalized spacial score (nSPS) is 10.4. The van der Waals surface area contributed by atoms with Crippen LogP contribution in [0.4, 0.5) is 15.5 Å². The summed E-state index contributed by atoms with van der Waals surface area (Å²) in [6.45, 7) is 6.05. The molecular formula is C22H22N2O3S. The molecule has 2 aromatic carbocycles. The zero-order valence-electron chi connectivity index (χ0n) is 16.0. The van der Waals surface area contributed by atoms with Gasteiger partial charge in [-0.3, -0.25) is 5.32 Å². The van der Waals surface area contributed by atoms with Crippen molar-refractivity contribution in [2.45, 2.75) is 20.8 Å². The van der Waals surface area contributed by atoms with E-state index in [0.717, 1.165) is 22.3 Å². The molecule has 0 unspecified atom stereocenters. The lowest BCUT2D eigenvalue weighted by atomic mass is 9.98. The van der Waals surface area contributed by atoms with E-state index in [1.807, 2.05) is 49.6 Å². The Morgan fingerprint density at radius 1 is 1.00 bits per heavy atom. The number of urea groups is 1. The molecule has 0 fully saturated rings. The Morgan fingerprint density at radius 2 is 1.75 bits per heavy atom. The molecule has 0 spiro atoms. The molecule has 0 bridgehead atoms. The first-order valence-electron chi connectivity index (χ1n) is 8.99. The number of esters is 1. The maximum Gasteiger partial charge on any atom is 0.341 e. The summed E-state index contributed by atoms with van der Waals surface area (Å²) in [5.74, 6) is -0.450. The van der Waals surface area contributed by atoms with Crippen LogP contribution in [-0.4, -0.2) is 18.6 Å². The number of hydrogen-bond acceptors (Lipinski definition) is 4. The van der Waals surface area contributed by atoms with Crippen LogP contribution >= 0.6 is 11.3 Å². The number of carbonyl (C=O) groups excluding carboxylic acids is 2. The Balaban J connectivity index is 1.94. The Hall–Kier alpha value is -3.12. The number of anilines is 2. The summed E-state index contributed by atoms with van der Waals surface area (Å²) in [6.07, 6.45) is 0. The van der Waals surface area contributed by atoms with Gasteiger partial charge in [-0.25, -0.2) is 9.59 Å². The Labute approximate surface area is 168 Å². The zero-order valence-corrected chi connectivity index (χ0v) is 16.9. The third-order valence-corrected chi connectivity index (χ3v) is 5.10. The van der Waals surface area contributed by atoms with Gasteiger partial charge in [0.15, 0.2) is 0 Å². The van der Waals surface area contributed by atoms with Crippen molar-refractivity contribution in [1.82, 2.24) is 0 Å². The van der Waals surface area contributed by atoms with E-state index in [2.05, 4.69) is 16.7 Å². The molecule has 1 aromatic heterocycles. The maximum absolute atomic E-state index is 12.7. The molecule has 0 atom stereocenters. The number of para-hydroxylation sites is 1. The van der Waals surface area contributed by atoms with Gasteiger partial charge in [-0.2, -0.15) is 0 Å². The van der Waals surface area contributed by atoms with Crippen LogP contribution < -0.4 is 10.6 Å². The summed E-state index contributed by atoms with van der Waals surface area (Å²) in [7, 11) is 0. The van der Waals surface area contributed by atoms with Crippen molar-refractivity contribution in [3.63, 3.8) is 0 Å². The van der Waals surface area contributed by atoms with Gasteiger partial charge in [0.25, 0.3) is 0 Å². The number of aryl methyl sites for hydroxylation is 2. The lowest BCUT2D eigenvalue weighted by Gasteiger charge is -2.11. The number of rotatable bonds is 5. The summed E-state index contributed by atoms with van der Waals surface area (Å²) in [4.78, 5) is 25.1. The first-order chi connectivity index (χ1) is 13.5. The van der Waals surface area contributed by atoms with Gasteiger partial charge in [0.2, 0.25) is 0 Å². The molecule has 3 rings (SSSR count). The van der Waals surface area contributed by atoms with E-state index in [1.165, 1.54) is 11.3 Å². The van der Waals surface area contributed by atoms with Crippen LogP contribution in [0.25, 0.3) is 11.1 Å². The van der Waals surface area contributed by atoms with Gasteiger partial charge in [-0.15, -0.1) is 11.3 Å². The predicted molar refractivity (Wildman–Crippen MR) is 114 cm³/mol. The molecule has 0 radical (unpaired) electrons. The van der Waals surface area contributed by atoms with Gasteiger partial charge in [-0.1, -0.05) is 42.0 Å². The summed E-state index contributed by atoms with van der Waals surface area (Å²) in [6, 6.07) is 14.8. The van der Waals surface area contributed by atoms with Crippen LogP contribution in [0.15, 0.2) is 53.9 Å². The molecule has 2 amide bonds. The van der Waals surface area contributed by atoms with E-state index < -0.39 is 12.0 Å². The van der Waals surface area contributed by atoms with Crippen molar-refractivity contribution in [2.24, 2.45) is 0 Å². The number of thiophene rings is 1. The zero-order chi connectivity index (χ0) is 20.1.